The van der Waals surface area contributed by atoms with Gasteiger partial charge in [0.1, 0.15) is 0 Å². The third kappa shape index (κ3) is 4.52. The maximum absolute atomic E-state index is 5.97. The second kappa shape index (κ2) is 7.46. The minimum atomic E-state index is 0.475. The molecule has 2 aliphatic rings. The molecule has 0 amide bonds. The van der Waals surface area contributed by atoms with Crippen molar-refractivity contribution in [3.8, 4) is 0 Å². The van der Waals surface area contributed by atoms with Crippen molar-refractivity contribution in [2.45, 2.75) is 64.0 Å². The molecule has 18 heavy (non-hydrogen) atoms. The number of hydrogen-bond donors (Lipinski definition) is 1. The van der Waals surface area contributed by atoms with Crippen molar-refractivity contribution < 1.29 is 4.74 Å². The summed E-state index contributed by atoms with van der Waals surface area (Å²) in [5.41, 5.74) is 5.97. The Hall–Kier alpha value is -0.120. The van der Waals surface area contributed by atoms with Crippen LogP contribution in [0.4, 0.5) is 0 Å². The molecular weight excluding hydrogens is 224 g/mol. The summed E-state index contributed by atoms with van der Waals surface area (Å²) in [5.74, 6) is 0.884. The van der Waals surface area contributed by atoms with E-state index >= 15 is 0 Å². The Kier molecular flexibility index (Phi) is 5.93. The zero-order valence-corrected chi connectivity index (χ0v) is 11.9. The quantitative estimate of drug-likeness (QED) is 0.819. The van der Waals surface area contributed by atoms with Crippen LogP contribution in [0.15, 0.2) is 0 Å². The first-order valence-electron chi connectivity index (χ1n) is 7.87. The molecule has 106 valence electrons. The van der Waals surface area contributed by atoms with Gasteiger partial charge in [0.15, 0.2) is 0 Å². The summed E-state index contributed by atoms with van der Waals surface area (Å²) in [6.07, 6.45) is 9.31. The van der Waals surface area contributed by atoms with Crippen molar-refractivity contribution in [2.75, 3.05) is 26.2 Å². The van der Waals surface area contributed by atoms with Gasteiger partial charge in [0.05, 0.1) is 6.10 Å². The summed E-state index contributed by atoms with van der Waals surface area (Å²) in [4.78, 5) is 2.63. The highest BCUT2D eigenvalue weighted by atomic mass is 16.5. The highest BCUT2D eigenvalue weighted by molar-refractivity contribution is 4.80. The van der Waals surface area contributed by atoms with E-state index < -0.39 is 0 Å². The molecule has 0 spiro atoms. The van der Waals surface area contributed by atoms with Gasteiger partial charge in [-0.3, -0.25) is 0 Å². The van der Waals surface area contributed by atoms with Gasteiger partial charge in [0.2, 0.25) is 0 Å². The molecule has 0 bridgehead atoms. The number of hydrogen-bond acceptors (Lipinski definition) is 3. The normalized spacial score (nSPS) is 34.7. The van der Waals surface area contributed by atoms with E-state index in [9.17, 15) is 0 Å². The molecule has 0 aromatic rings. The molecule has 2 rings (SSSR count). The van der Waals surface area contributed by atoms with E-state index in [1.165, 1.54) is 51.6 Å². The molecule has 1 saturated carbocycles. The Labute approximate surface area is 112 Å². The Morgan fingerprint density at radius 3 is 2.67 bits per heavy atom. The number of likely N-dealkylation sites (tertiary alicyclic amines) is 1. The van der Waals surface area contributed by atoms with E-state index in [4.69, 9.17) is 10.5 Å². The van der Waals surface area contributed by atoms with Crippen molar-refractivity contribution in [1.29, 1.82) is 0 Å². The number of piperidine rings is 1. The van der Waals surface area contributed by atoms with Crippen molar-refractivity contribution in [1.82, 2.24) is 4.90 Å². The molecule has 1 heterocycles. The molecule has 0 aromatic carbocycles. The fraction of sp³-hybridized carbons (Fsp3) is 1.00. The fourth-order valence-electron chi connectivity index (χ4n) is 3.34. The zero-order valence-electron chi connectivity index (χ0n) is 11.9. The topological polar surface area (TPSA) is 38.5 Å². The van der Waals surface area contributed by atoms with Crippen LogP contribution in [0.3, 0.4) is 0 Å². The number of ether oxygens (including phenoxy) is 1. The minimum absolute atomic E-state index is 0.475. The second-order valence-electron chi connectivity index (χ2n) is 6.18. The Bertz CT molecular complexity index is 227. The van der Waals surface area contributed by atoms with Crippen molar-refractivity contribution in [3.05, 3.63) is 0 Å². The van der Waals surface area contributed by atoms with Gasteiger partial charge in [0.25, 0.3) is 0 Å². The number of nitrogens with zero attached hydrogens (tertiary/aromatic N) is 1. The van der Waals surface area contributed by atoms with Crippen LogP contribution in [0.5, 0.6) is 0 Å². The van der Waals surface area contributed by atoms with Gasteiger partial charge in [-0.15, -0.1) is 0 Å². The van der Waals surface area contributed by atoms with Gasteiger partial charge >= 0.3 is 0 Å². The van der Waals surface area contributed by atoms with Gasteiger partial charge in [-0.1, -0.05) is 6.92 Å². The van der Waals surface area contributed by atoms with Crippen LogP contribution < -0.4 is 5.73 Å². The van der Waals surface area contributed by atoms with Crippen LogP contribution in [0, 0.1) is 5.92 Å². The summed E-state index contributed by atoms with van der Waals surface area (Å²) in [6.45, 7) is 6.82. The molecular formula is C15H30N2O. The summed E-state index contributed by atoms with van der Waals surface area (Å²) in [7, 11) is 0. The van der Waals surface area contributed by atoms with Gasteiger partial charge in [0, 0.05) is 25.7 Å². The van der Waals surface area contributed by atoms with Gasteiger partial charge in [-0.25, -0.2) is 0 Å². The predicted molar refractivity (Wildman–Crippen MR) is 75.6 cm³/mol. The molecule has 0 radical (unpaired) electrons. The summed E-state index contributed by atoms with van der Waals surface area (Å²) < 4.78 is 5.91. The van der Waals surface area contributed by atoms with Crippen molar-refractivity contribution >= 4 is 0 Å². The molecule has 1 aliphatic heterocycles. The summed E-state index contributed by atoms with van der Waals surface area (Å²) in [5, 5.41) is 0. The van der Waals surface area contributed by atoms with Gasteiger partial charge in [-0.2, -0.15) is 0 Å². The van der Waals surface area contributed by atoms with Gasteiger partial charge in [-0.05, 0) is 57.4 Å². The Morgan fingerprint density at radius 2 is 1.94 bits per heavy atom. The summed E-state index contributed by atoms with van der Waals surface area (Å²) in [6, 6.07) is 0.475. The average Bonchev–Trinajstić information content (AvgIpc) is 2.40. The van der Waals surface area contributed by atoms with Crippen LogP contribution in [0.2, 0.25) is 0 Å². The highest BCUT2D eigenvalue weighted by Gasteiger charge is 2.25. The lowest BCUT2D eigenvalue weighted by Crippen LogP contribution is -2.43. The Morgan fingerprint density at radius 1 is 1.17 bits per heavy atom. The molecule has 1 saturated heterocycles. The summed E-state index contributed by atoms with van der Waals surface area (Å²) >= 11 is 0. The van der Waals surface area contributed by atoms with Crippen LogP contribution in [0.25, 0.3) is 0 Å². The molecule has 2 N–H and O–H groups in total. The van der Waals surface area contributed by atoms with Crippen LogP contribution >= 0.6 is 0 Å². The largest absolute Gasteiger partial charge is 0.377 e. The van der Waals surface area contributed by atoms with Crippen molar-refractivity contribution in [2.24, 2.45) is 11.7 Å². The lowest BCUT2D eigenvalue weighted by Gasteiger charge is -2.36. The smallest absolute Gasteiger partial charge is 0.0702 e. The molecule has 0 aromatic heterocycles. The van der Waals surface area contributed by atoms with Gasteiger partial charge < -0.3 is 15.4 Å². The molecule has 1 unspecified atom stereocenters. The van der Waals surface area contributed by atoms with Crippen LogP contribution in [-0.4, -0.2) is 43.3 Å². The fourth-order valence-corrected chi connectivity index (χ4v) is 3.34. The van der Waals surface area contributed by atoms with Crippen LogP contribution in [0.1, 0.15) is 51.9 Å². The third-order valence-corrected chi connectivity index (χ3v) is 4.43. The molecule has 1 aliphatic carbocycles. The maximum atomic E-state index is 5.97. The lowest BCUT2D eigenvalue weighted by molar-refractivity contribution is -0.00542. The SMILES string of the molecule is CCCOC1CCCN(CC2CCC(N)CC2)C1. The second-order valence-corrected chi connectivity index (χ2v) is 6.18. The Balaban J connectivity index is 1.68. The van der Waals surface area contributed by atoms with E-state index in [0.29, 0.717) is 12.1 Å². The lowest BCUT2D eigenvalue weighted by atomic mass is 9.86. The van der Waals surface area contributed by atoms with E-state index in [1.54, 1.807) is 0 Å². The third-order valence-electron chi connectivity index (χ3n) is 4.43. The van der Waals surface area contributed by atoms with E-state index in [-0.39, 0.29) is 0 Å². The first-order valence-corrected chi connectivity index (χ1v) is 7.87. The van der Waals surface area contributed by atoms with E-state index in [0.717, 1.165) is 25.5 Å². The number of rotatable bonds is 5. The van der Waals surface area contributed by atoms with E-state index in [1.807, 2.05) is 0 Å². The maximum Gasteiger partial charge on any atom is 0.0702 e. The van der Waals surface area contributed by atoms with Crippen LogP contribution in [-0.2, 0) is 4.74 Å². The average molecular weight is 254 g/mol. The predicted octanol–water partition coefficient (Wildman–Crippen LogP) is 2.39. The molecule has 1 atom stereocenters. The first kappa shape index (κ1) is 14.3. The zero-order chi connectivity index (χ0) is 12.8. The number of nitrogens with two attached hydrogens (primary N) is 1. The highest BCUT2D eigenvalue weighted by Crippen LogP contribution is 2.25. The van der Waals surface area contributed by atoms with E-state index in [2.05, 4.69) is 11.8 Å². The standard InChI is InChI=1S/C15H30N2O/c1-2-10-18-15-4-3-9-17(12-15)11-13-5-7-14(16)8-6-13/h13-15H,2-12,16H2,1H3. The molecule has 2 fully saturated rings. The minimum Gasteiger partial charge on any atom is -0.377 e. The monoisotopic (exact) mass is 254 g/mol. The van der Waals surface area contributed by atoms with Crippen molar-refractivity contribution in [3.63, 3.8) is 0 Å². The first-order chi connectivity index (χ1) is 8.78. The molecule has 3 nitrogen and oxygen atoms in total. The molecule has 3 heteroatoms.